The minimum absolute atomic E-state index is 0.247. The van der Waals surface area contributed by atoms with Crippen LogP contribution < -0.4 is 5.32 Å². The highest BCUT2D eigenvalue weighted by molar-refractivity contribution is 7.91. The summed E-state index contributed by atoms with van der Waals surface area (Å²) in [6, 6.07) is 4.70. The van der Waals surface area contributed by atoms with Gasteiger partial charge >= 0.3 is 0 Å². The molecule has 1 unspecified atom stereocenters. The van der Waals surface area contributed by atoms with Crippen LogP contribution >= 0.6 is 11.3 Å². The molecule has 1 aromatic heterocycles. The van der Waals surface area contributed by atoms with E-state index in [0.717, 1.165) is 13.0 Å². The Hall–Kier alpha value is -0.390. The van der Waals surface area contributed by atoms with Gasteiger partial charge < -0.3 is 5.32 Å². The molecule has 0 saturated carbocycles. The van der Waals surface area contributed by atoms with Crippen LogP contribution in [0, 0.1) is 6.92 Å². The zero-order chi connectivity index (χ0) is 13.6. The van der Waals surface area contributed by atoms with E-state index in [4.69, 9.17) is 0 Å². The highest BCUT2D eigenvalue weighted by Crippen LogP contribution is 2.16. The second-order valence-corrected chi connectivity index (χ2v) is 8.51. The second kappa shape index (κ2) is 7.26. The molecule has 0 aliphatic rings. The Balaban J connectivity index is 2.20. The van der Waals surface area contributed by atoms with E-state index in [2.05, 4.69) is 31.3 Å². The van der Waals surface area contributed by atoms with Gasteiger partial charge in [-0.05, 0) is 45.4 Å². The van der Waals surface area contributed by atoms with Gasteiger partial charge in [-0.2, -0.15) is 0 Å². The van der Waals surface area contributed by atoms with Crippen LogP contribution in [0.5, 0.6) is 0 Å². The van der Waals surface area contributed by atoms with Crippen molar-refractivity contribution in [1.29, 1.82) is 0 Å². The molecular formula is C13H23NO2S2. The van der Waals surface area contributed by atoms with Crippen molar-refractivity contribution in [2.75, 3.05) is 18.1 Å². The van der Waals surface area contributed by atoms with Crippen molar-refractivity contribution in [3.8, 4) is 0 Å². The summed E-state index contributed by atoms with van der Waals surface area (Å²) in [5, 5.41) is 3.38. The summed E-state index contributed by atoms with van der Waals surface area (Å²) in [7, 11) is -2.81. The first-order valence-electron chi connectivity index (χ1n) is 6.42. The molecule has 0 saturated heterocycles. The minimum atomic E-state index is -2.81. The van der Waals surface area contributed by atoms with Gasteiger partial charge in [0.1, 0.15) is 9.84 Å². The number of nitrogens with one attached hydrogen (secondary N) is 1. The Labute approximate surface area is 115 Å². The molecule has 1 atom stereocenters. The maximum Gasteiger partial charge on any atom is 0.150 e. The Kier molecular flexibility index (Phi) is 6.32. The normalized spacial score (nSPS) is 13.7. The Morgan fingerprint density at radius 1 is 1.39 bits per heavy atom. The van der Waals surface area contributed by atoms with E-state index in [1.807, 2.05) is 11.3 Å². The van der Waals surface area contributed by atoms with Gasteiger partial charge in [0.05, 0.1) is 5.75 Å². The molecule has 0 bridgehead atoms. The predicted molar refractivity (Wildman–Crippen MR) is 79.2 cm³/mol. The summed E-state index contributed by atoms with van der Waals surface area (Å²) < 4.78 is 22.6. The zero-order valence-electron chi connectivity index (χ0n) is 11.4. The lowest BCUT2D eigenvalue weighted by atomic mass is 10.2. The van der Waals surface area contributed by atoms with Gasteiger partial charge in [-0.25, -0.2) is 8.42 Å². The van der Waals surface area contributed by atoms with Crippen LogP contribution in [0.3, 0.4) is 0 Å². The molecule has 5 heteroatoms. The van der Waals surface area contributed by atoms with Crippen molar-refractivity contribution < 1.29 is 8.42 Å². The van der Waals surface area contributed by atoms with Crippen molar-refractivity contribution in [3.63, 3.8) is 0 Å². The summed E-state index contributed by atoms with van der Waals surface area (Å²) >= 11 is 1.83. The Morgan fingerprint density at radius 2 is 2.11 bits per heavy atom. The van der Waals surface area contributed by atoms with Crippen molar-refractivity contribution in [2.24, 2.45) is 0 Å². The van der Waals surface area contributed by atoms with E-state index < -0.39 is 9.84 Å². The third-order valence-corrected chi connectivity index (χ3v) is 5.68. The zero-order valence-corrected chi connectivity index (χ0v) is 13.0. The SMILES string of the molecule is CCS(=O)(=O)CCCNC(C)Cc1ccc(C)s1. The molecule has 0 fully saturated rings. The quantitative estimate of drug-likeness (QED) is 0.748. The fraction of sp³-hybridized carbons (Fsp3) is 0.692. The van der Waals surface area contributed by atoms with E-state index in [-0.39, 0.29) is 5.75 Å². The molecule has 3 nitrogen and oxygen atoms in total. The van der Waals surface area contributed by atoms with E-state index in [1.165, 1.54) is 9.75 Å². The van der Waals surface area contributed by atoms with Crippen LogP contribution in [0.1, 0.15) is 30.0 Å². The monoisotopic (exact) mass is 289 g/mol. The Bertz CT molecular complexity index is 451. The van der Waals surface area contributed by atoms with Gasteiger partial charge in [-0.1, -0.05) is 6.92 Å². The molecule has 1 heterocycles. The molecule has 0 amide bonds. The van der Waals surface area contributed by atoms with Crippen molar-refractivity contribution in [3.05, 3.63) is 21.9 Å². The third kappa shape index (κ3) is 5.98. The lowest BCUT2D eigenvalue weighted by Gasteiger charge is -2.12. The minimum Gasteiger partial charge on any atom is -0.314 e. The Morgan fingerprint density at radius 3 is 2.67 bits per heavy atom. The van der Waals surface area contributed by atoms with Gasteiger partial charge in [0.2, 0.25) is 0 Å². The van der Waals surface area contributed by atoms with Crippen molar-refractivity contribution >= 4 is 21.2 Å². The van der Waals surface area contributed by atoms with E-state index in [0.29, 0.717) is 18.2 Å². The van der Waals surface area contributed by atoms with Crippen LogP contribution in [0.2, 0.25) is 0 Å². The fourth-order valence-corrected chi connectivity index (χ4v) is 3.65. The molecule has 1 aromatic rings. The van der Waals surface area contributed by atoms with Crippen LogP contribution in [0.25, 0.3) is 0 Å². The van der Waals surface area contributed by atoms with Crippen molar-refractivity contribution in [1.82, 2.24) is 5.32 Å². The predicted octanol–water partition coefficient (Wildman–Crippen LogP) is 2.40. The lowest BCUT2D eigenvalue weighted by molar-refractivity contribution is 0.541. The van der Waals surface area contributed by atoms with Crippen LogP contribution in [-0.4, -0.2) is 32.5 Å². The average molecular weight is 289 g/mol. The summed E-state index contributed by atoms with van der Waals surface area (Å²) in [5.41, 5.74) is 0. The largest absolute Gasteiger partial charge is 0.314 e. The smallest absolute Gasteiger partial charge is 0.150 e. The maximum absolute atomic E-state index is 11.3. The van der Waals surface area contributed by atoms with Gasteiger partial charge in [0.15, 0.2) is 0 Å². The molecule has 0 aliphatic heterocycles. The molecule has 0 spiro atoms. The van der Waals surface area contributed by atoms with Crippen LogP contribution in [-0.2, 0) is 16.3 Å². The number of hydrogen-bond acceptors (Lipinski definition) is 4. The number of sulfone groups is 1. The molecule has 1 N–H and O–H groups in total. The first kappa shape index (κ1) is 15.7. The summed E-state index contributed by atoms with van der Waals surface area (Å²) in [4.78, 5) is 2.72. The van der Waals surface area contributed by atoms with Gasteiger partial charge in [0, 0.05) is 21.5 Å². The van der Waals surface area contributed by atoms with Crippen LogP contribution in [0.4, 0.5) is 0 Å². The summed E-state index contributed by atoms with van der Waals surface area (Å²) in [5.74, 6) is 0.540. The molecular weight excluding hydrogens is 266 g/mol. The fourth-order valence-electron chi connectivity index (χ4n) is 1.75. The molecule has 18 heavy (non-hydrogen) atoms. The standard InChI is InChI=1S/C13H23NO2S2/c1-4-18(15,16)9-5-8-14-11(2)10-13-7-6-12(3)17-13/h6-7,11,14H,4-5,8-10H2,1-3H3. The molecule has 0 aliphatic carbocycles. The average Bonchev–Trinajstić information content (AvgIpc) is 2.70. The van der Waals surface area contributed by atoms with Gasteiger partial charge in [-0.3, -0.25) is 0 Å². The van der Waals surface area contributed by atoms with Gasteiger partial charge in [0.25, 0.3) is 0 Å². The van der Waals surface area contributed by atoms with Crippen molar-refractivity contribution in [2.45, 2.75) is 39.7 Å². The topological polar surface area (TPSA) is 46.2 Å². The molecule has 1 rings (SSSR count). The second-order valence-electron chi connectivity index (χ2n) is 4.66. The number of thiophene rings is 1. The number of aryl methyl sites for hydroxylation is 1. The first-order valence-corrected chi connectivity index (χ1v) is 9.06. The highest BCUT2D eigenvalue weighted by Gasteiger charge is 2.08. The summed E-state index contributed by atoms with van der Waals surface area (Å²) in [6.07, 6.45) is 1.71. The van der Waals surface area contributed by atoms with Crippen LogP contribution in [0.15, 0.2) is 12.1 Å². The third-order valence-electron chi connectivity index (χ3n) is 2.87. The van der Waals surface area contributed by atoms with Gasteiger partial charge in [-0.15, -0.1) is 11.3 Å². The highest BCUT2D eigenvalue weighted by atomic mass is 32.2. The lowest BCUT2D eigenvalue weighted by Crippen LogP contribution is -2.29. The van der Waals surface area contributed by atoms with E-state index >= 15 is 0 Å². The molecule has 104 valence electrons. The first-order chi connectivity index (χ1) is 8.43. The number of rotatable bonds is 8. The maximum atomic E-state index is 11.3. The molecule has 0 radical (unpaired) electrons. The molecule has 0 aromatic carbocycles. The number of hydrogen-bond donors (Lipinski definition) is 1. The van der Waals surface area contributed by atoms with E-state index in [1.54, 1.807) is 6.92 Å². The summed E-state index contributed by atoms with van der Waals surface area (Å²) in [6.45, 7) is 6.72. The van der Waals surface area contributed by atoms with E-state index in [9.17, 15) is 8.42 Å².